The van der Waals surface area contributed by atoms with Crippen LogP contribution >= 0.6 is 23.2 Å². The Kier molecular flexibility index (Phi) is 6.15. The number of hydrogen-bond donors (Lipinski definition) is 1. The van der Waals surface area contributed by atoms with Gasteiger partial charge in [-0.15, -0.1) is 0 Å². The first-order valence-corrected chi connectivity index (χ1v) is 7.75. The van der Waals surface area contributed by atoms with Gasteiger partial charge in [-0.3, -0.25) is 10.1 Å². The molecule has 0 heterocycles. The number of hydrogen-bond acceptors (Lipinski definition) is 5. The van der Waals surface area contributed by atoms with Gasteiger partial charge < -0.3 is 4.74 Å². The molecule has 0 aliphatic heterocycles. The van der Waals surface area contributed by atoms with Gasteiger partial charge in [0.1, 0.15) is 9.92 Å². The zero-order chi connectivity index (χ0) is 15.3. The third-order valence-corrected chi connectivity index (χ3v) is 4.70. The van der Waals surface area contributed by atoms with E-state index in [-0.39, 0.29) is 18.2 Å². The summed E-state index contributed by atoms with van der Waals surface area (Å²) >= 11 is 11.5. The van der Waals surface area contributed by atoms with Crippen LogP contribution in [-0.2, 0) is 14.8 Å². The van der Waals surface area contributed by atoms with Gasteiger partial charge in [0.15, 0.2) is 0 Å². The summed E-state index contributed by atoms with van der Waals surface area (Å²) in [5.41, 5.74) is -0.527. The highest BCUT2D eigenvalue weighted by Gasteiger charge is 2.27. The molecule has 0 unspecified atom stereocenters. The summed E-state index contributed by atoms with van der Waals surface area (Å²) in [6.45, 7) is 2.38. The van der Waals surface area contributed by atoms with Crippen LogP contribution in [0.1, 0.15) is 6.92 Å². The largest absolute Gasteiger partial charge is 0.380 e. The van der Waals surface area contributed by atoms with Crippen molar-refractivity contribution in [2.75, 3.05) is 19.8 Å². The molecular formula is C10H12Cl2N2O5S. The number of sulfonamides is 1. The lowest BCUT2D eigenvalue weighted by molar-refractivity contribution is -0.384. The normalized spacial score (nSPS) is 11.6. The molecule has 0 aliphatic rings. The Morgan fingerprint density at radius 2 is 2.05 bits per heavy atom. The van der Waals surface area contributed by atoms with Gasteiger partial charge in [-0.2, -0.15) is 0 Å². The van der Waals surface area contributed by atoms with Crippen molar-refractivity contribution >= 4 is 38.9 Å². The Morgan fingerprint density at radius 1 is 1.40 bits per heavy atom. The van der Waals surface area contributed by atoms with Gasteiger partial charge in [0.05, 0.1) is 16.6 Å². The van der Waals surface area contributed by atoms with Gasteiger partial charge in [0.25, 0.3) is 5.69 Å². The average Bonchev–Trinajstić information content (AvgIpc) is 2.34. The minimum absolute atomic E-state index is 0.00548. The number of nitrogens with one attached hydrogen (secondary N) is 1. The number of nitro benzene ring substituents is 1. The summed E-state index contributed by atoms with van der Waals surface area (Å²) < 4.78 is 31.3. The average molecular weight is 343 g/mol. The van der Waals surface area contributed by atoms with E-state index in [1.54, 1.807) is 6.92 Å². The van der Waals surface area contributed by atoms with E-state index in [2.05, 4.69) is 4.72 Å². The number of ether oxygens (including phenoxy) is 1. The molecule has 1 aromatic rings. The molecule has 0 spiro atoms. The molecule has 1 N–H and O–H groups in total. The molecule has 0 aliphatic carbocycles. The van der Waals surface area contributed by atoms with Gasteiger partial charge >= 0.3 is 0 Å². The van der Waals surface area contributed by atoms with Crippen molar-refractivity contribution in [2.45, 2.75) is 11.8 Å². The molecule has 0 radical (unpaired) electrons. The second kappa shape index (κ2) is 7.19. The number of rotatable bonds is 7. The Hall–Kier alpha value is -0.930. The Balaban J connectivity index is 3.11. The van der Waals surface area contributed by atoms with E-state index in [1.165, 1.54) is 0 Å². The van der Waals surface area contributed by atoms with Crippen LogP contribution in [0.15, 0.2) is 17.0 Å². The van der Waals surface area contributed by atoms with Crippen molar-refractivity contribution in [3.8, 4) is 0 Å². The summed E-state index contributed by atoms with van der Waals surface area (Å²) in [4.78, 5) is 9.47. The Morgan fingerprint density at radius 3 is 2.60 bits per heavy atom. The van der Waals surface area contributed by atoms with E-state index in [1.807, 2.05) is 0 Å². The smallest absolute Gasteiger partial charge is 0.289 e. The van der Waals surface area contributed by atoms with Crippen LogP contribution in [-0.4, -0.2) is 33.1 Å². The summed E-state index contributed by atoms with van der Waals surface area (Å²) in [5, 5.41) is 10.0. The fraction of sp³-hybridized carbons (Fsp3) is 0.400. The van der Waals surface area contributed by atoms with Crippen LogP contribution in [0, 0.1) is 10.1 Å². The van der Waals surface area contributed by atoms with E-state index in [0.29, 0.717) is 6.61 Å². The highest BCUT2D eigenvalue weighted by molar-refractivity contribution is 7.89. The molecule has 1 aromatic carbocycles. The van der Waals surface area contributed by atoms with Crippen LogP contribution in [0.25, 0.3) is 0 Å². The van der Waals surface area contributed by atoms with Gasteiger partial charge in [-0.05, 0) is 13.0 Å². The summed E-state index contributed by atoms with van der Waals surface area (Å²) in [5.74, 6) is 0. The van der Waals surface area contributed by atoms with E-state index < -0.39 is 30.6 Å². The SMILES string of the molecule is CCOCCNS(=O)(=O)c1c(Cl)ccc([N+](=O)[O-])c1Cl. The third kappa shape index (κ3) is 4.03. The Bertz CT molecular complexity index is 606. The first kappa shape index (κ1) is 17.1. The first-order valence-electron chi connectivity index (χ1n) is 5.51. The quantitative estimate of drug-likeness (QED) is 0.465. The van der Waals surface area contributed by atoms with Crippen molar-refractivity contribution in [1.82, 2.24) is 4.72 Å². The van der Waals surface area contributed by atoms with Gasteiger partial charge in [0, 0.05) is 19.2 Å². The third-order valence-electron chi connectivity index (χ3n) is 2.24. The molecular weight excluding hydrogens is 331 g/mol. The fourth-order valence-electron chi connectivity index (χ4n) is 1.37. The molecule has 0 saturated carbocycles. The maximum Gasteiger partial charge on any atom is 0.289 e. The molecule has 0 amide bonds. The second-order valence-corrected chi connectivity index (χ2v) is 6.05. The van der Waals surface area contributed by atoms with E-state index in [4.69, 9.17) is 27.9 Å². The monoisotopic (exact) mass is 342 g/mol. The lowest BCUT2D eigenvalue weighted by Crippen LogP contribution is -2.28. The minimum atomic E-state index is -4.06. The maximum absolute atomic E-state index is 12.1. The van der Waals surface area contributed by atoms with Crippen LogP contribution in [0.3, 0.4) is 0 Å². The van der Waals surface area contributed by atoms with E-state index in [0.717, 1.165) is 12.1 Å². The molecule has 10 heteroatoms. The summed E-state index contributed by atoms with van der Waals surface area (Å²) in [6, 6.07) is 2.16. The van der Waals surface area contributed by atoms with Crippen molar-refractivity contribution in [3.63, 3.8) is 0 Å². The fourth-order valence-corrected chi connectivity index (χ4v) is 3.58. The van der Waals surface area contributed by atoms with Crippen molar-refractivity contribution in [2.24, 2.45) is 0 Å². The maximum atomic E-state index is 12.1. The Labute approximate surface area is 126 Å². The number of nitro groups is 1. The minimum Gasteiger partial charge on any atom is -0.380 e. The van der Waals surface area contributed by atoms with Gasteiger partial charge in [0.2, 0.25) is 10.0 Å². The molecule has 0 atom stereocenters. The summed E-state index contributed by atoms with van der Waals surface area (Å²) in [7, 11) is -4.06. The molecule has 0 saturated heterocycles. The zero-order valence-corrected chi connectivity index (χ0v) is 12.8. The topological polar surface area (TPSA) is 98.5 Å². The standard InChI is InChI=1S/C10H12Cl2N2O5S/c1-2-19-6-5-13-20(17,18)10-7(11)3-4-8(9(10)12)14(15)16/h3-4,13H,2,5-6H2,1H3. The molecule has 1 rings (SSSR count). The molecule has 0 aromatic heterocycles. The molecule has 0 bridgehead atoms. The lowest BCUT2D eigenvalue weighted by atomic mass is 10.3. The van der Waals surface area contributed by atoms with Crippen molar-refractivity contribution < 1.29 is 18.1 Å². The predicted molar refractivity (Wildman–Crippen MR) is 74.8 cm³/mol. The second-order valence-electron chi connectivity index (χ2n) is 3.56. The molecule has 7 nitrogen and oxygen atoms in total. The first-order chi connectivity index (χ1) is 9.31. The van der Waals surface area contributed by atoms with E-state index >= 15 is 0 Å². The summed E-state index contributed by atoms with van der Waals surface area (Å²) in [6.07, 6.45) is 0. The van der Waals surface area contributed by atoms with Gasteiger partial charge in [-0.1, -0.05) is 23.2 Å². The van der Waals surface area contributed by atoms with Crippen molar-refractivity contribution in [1.29, 1.82) is 0 Å². The lowest BCUT2D eigenvalue weighted by Gasteiger charge is -2.10. The number of halogens is 2. The molecule has 20 heavy (non-hydrogen) atoms. The zero-order valence-electron chi connectivity index (χ0n) is 10.4. The number of benzene rings is 1. The molecule has 0 fully saturated rings. The van der Waals surface area contributed by atoms with Crippen LogP contribution < -0.4 is 4.72 Å². The van der Waals surface area contributed by atoms with Crippen LogP contribution in [0.4, 0.5) is 5.69 Å². The van der Waals surface area contributed by atoms with Crippen molar-refractivity contribution in [3.05, 3.63) is 32.3 Å². The van der Waals surface area contributed by atoms with Crippen LogP contribution in [0.2, 0.25) is 10.0 Å². The van der Waals surface area contributed by atoms with Crippen LogP contribution in [0.5, 0.6) is 0 Å². The van der Waals surface area contributed by atoms with Gasteiger partial charge in [-0.25, -0.2) is 13.1 Å². The predicted octanol–water partition coefficient (Wildman–Crippen LogP) is 2.22. The molecule has 112 valence electrons. The highest BCUT2D eigenvalue weighted by Crippen LogP contribution is 2.36. The highest BCUT2D eigenvalue weighted by atomic mass is 35.5. The van der Waals surface area contributed by atoms with E-state index in [9.17, 15) is 18.5 Å². The number of nitrogens with zero attached hydrogens (tertiary/aromatic N) is 1.